The Morgan fingerprint density at radius 1 is 1.64 bits per heavy atom. The molecule has 0 saturated carbocycles. The van der Waals surface area contributed by atoms with Gasteiger partial charge in [0.25, 0.3) is 0 Å². The van der Waals surface area contributed by atoms with Gasteiger partial charge < -0.3 is 15.9 Å². The van der Waals surface area contributed by atoms with Crippen LogP contribution in [0.2, 0.25) is 0 Å². The topological polar surface area (TPSA) is 75.3 Å². The molecule has 0 saturated heterocycles. The molecule has 11 heavy (non-hydrogen) atoms. The molecule has 0 spiro atoms. The van der Waals surface area contributed by atoms with Crippen LogP contribution in [0.1, 0.15) is 0 Å². The molecular formula is C4H6N2NaO3P. The first-order valence-electron chi connectivity index (χ1n) is 2.51. The van der Waals surface area contributed by atoms with Crippen LogP contribution in [0.3, 0.4) is 0 Å². The second-order valence-electron chi connectivity index (χ2n) is 1.79. The van der Waals surface area contributed by atoms with Crippen LogP contribution in [0, 0.1) is 6.07 Å². The summed E-state index contributed by atoms with van der Waals surface area (Å²) in [6, 6.07) is 2.56. The van der Waals surface area contributed by atoms with E-state index in [1.54, 1.807) is 0 Å². The third-order valence-electron chi connectivity index (χ3n) is 0.833. The van der Waals surface area contributed by atoms with Gasteiger partial charge in [-0.2, -0.15) is 6.20 Å². The van der Waals surface area contributed by atoms with Crippen molar-refractivity contribution in [2.45, 2.75) is 6.29 Å². The maximum atomic E-state index is 10.3. The van der Waals surface area contributed by atoms with Crippen molar-refractivity contribution in [1.29, 1.82) is 0 Å². The molecule has 1 rings (SSSR count). The predicted molar refractivity (Wildman–Crippen MR) is 33.1 cm³/mol. The van der Waals surface area contributed by atoms with Crippen molar-refractivity contribution < 1.29 is 43.9 Å². The van der Waals surface area contributed by atoms with E-state index in [4.69, 9.17) is 9.79 Å². The molecule has 7 heteroatoms. The largest absolute Gasteiger partial charge is 1.00 e. The van der Waals surface area contributed by atoms with Gasteiger partial charge in [-0.05, 0) is 0 Å². The van der Waals surface area contributed by atoms with Gasteiger partial charge >= 0.3 is 37.2 Å². The zero-order valence-electron chi connectivity index (χ0n) is 6.01. The summed E-state index contributed by atoms with van der Waals surface area (Å²) in [7, 11) is -3.97. The van der Waals surface area contributed by atoms with Crippen LogP contribution in [-0.2, 0) is 10.9 Å². The normalized spacial score (nSPS) is 10.7. The summed E-state index contributed by atoms with van der Waals surface area (Å²) < 4.78 is 11.5. The molecule has 0 aliphatic carbocycles. The molecule has 0 atom stereocenters. The summed E-state index contributed by atoms with van der Waals surface area (Å²) in [6.07, 6.45) is 2.34. The van der Waals surface area contributed by atoms with E-state index in [1.165, 1.54) is 12.4 Å². The molecule has 1 heterocycles. The van der Waals surface area contributed by atoms with Crippen molar-refractivity contribution >= 4 is 7.60 Å². The number of hydrogen-bond donors (Lipinski definition) is 2. The molecular weight excluding hydrogens is 178 g/mol. The number of aromatic nitrogens is 2. The first-order chi connectivity index (χ1) is 4.58. The fourth-order valence-corrected chi connectivity index (χ4v) is 1.06. The fourth-order valence-electron chi connectivity index (χ4n) is 0.526. The summed E-state index contributed by atoms with van der Waals surface area (Å²) in [5.41, 5.74) is 0. The van der Waals surface area contributed by atoms with Gasteiger partial charge in [-0.25, -0.2) is 5.10 Å². The van der Waals surface area contributed by atoms with Crippen molar-refractivity contribution in [1.82, 2.24) is 9.78 Å². The molecule has 56 valence electrons. The van der Waals surface area contributed by atoms with E-state index < -0.39 is 7.60 Å². The Bertz CT molecular complexity index is 244. The summed E-state index contributed by atoms with van der Waals surface area (Å²) in [6.45, 7) is 0. The molecule has 0 aliphatic rings. The van der Waals surface area contributed by atoms with Crippen LogP contribution in [0.25, 0.3) is 0 Å². The van der Waals surface area contributed by atoms with E-state index in [1.807, 2.05) is 0 Å². The van der Waals surface area contributed by atoms with Crippen LogP contribution in [-0.4, -0.2) is 19.6 Å². The third kappa shape index (κ3) is 4.74. The minimum atomic E-state index is -3.97. The fraction of sp³-hybridized carbons (Fsp3) is 0.250. The smallest absolute Gasteiger partial charge is 0.432 e. The quantitative estimate of drug-likeness (QED) is 0.288. The summed E-state index contributed by atoms with van der Waals surface area (Å²) >= 11 is 0. The molecule has 2 N–H and O–H groups in total. The zero-order chi connectivity index (χ0) is 7.61. The van der Waals surface area contributed by atoms with Gasteiger partial charge in [-0.1, -0.05) is 0 Å². The third-order valence-corrected chi connectivity index (χ3v) is 1.49. The van der Waals surface area contributed by atoms with E-state index in [9.17, 15) is 4.57 Å². The van der Waals surface area contributed by atoms with Gasteiger partial charge in [-0.15, -0.1) is 6.20 Å². The SMILES string of the molecule is O=P(O)(O)Cn1c[c-]cn1.[Na+]. The molecule has 1 aromatic rings. The van der Waals surface area contributed by atoms with Gasteiger partial charge in [0.15, 0.2) is 0 Å². The zero-order valence-corrected chi connectivity index (χ0v) is 8.90. The average Bonchev–Trinajstić information content (AvgIpc) is 2.12. The second-order valence-corrected chi connectivity index (χ2v) is 3.40. The Balaban J connectivity index is 0.000001000. The first-order valence-corrected chi connectivity index (χ1v) is 4.31. The van der Waals surface area contributed by atoms with Crippen LogP contribution < -0.4 is 29.6 Å². The van der Waals surface area contributed by atoms with Gasteiger partial charge in [0.05, 0.1) is 0 Å². The van der Waals surface area contributed by atoms with Crippen LogP contribution in [0.15, 0.2) is 12.4 Å². The van der Waals surface area contributed by atoms with Crippen LogP contribution in [0.4, 0.5) is 0 Å². The Hall–Kier alpha value is 0.360. The van der Waals surface area contributed by atoms with Crippen molar-refractivity contribution in [3.05, 3.63) is 18.5 Å². The average molecular weight is 184 g/mol. The predicted octanol–water partition coefficient (Wildman–Crippen LogP) is -3.18. The van der Waals surface area contributed by atoms with Crippen molar-refractivity contribution in [2.75, 3.05) is 0 Å². The molecule has 0 aromatic carbocycles. The van der Waals surface area contributed by atoms with E-state index in [-0.39, 0.29) is 35.8 Å². The maximum Gasteiger partial charge on any atom is 1.00 e. The summed E-state index contributed by atoms with van der Waals surface area (Å²) in [4.78, 5) is 16.9. The molecule has 1 aromatic heterocycles. The molecule has 0 amide bonds. The van der Waals surface area contributed by atoms with E-state index in [0.29, 0.717) is 0 Å². The van der Waals surface area contributed by atoms with E-state index in [0.717, 1.165) is 4.68 Å². The summed E-state index contributed by atoms with van der Waals surface area (Å²) in [5.74, 6) is 0. The van der Waals surface area contributed by atoms with Gasteiger partial charge in [0, 0.05) is 0 Å². The number of rotatable bonds is 2. The van der Waals surface area contributed by atoms with Crippen LogP contribution >= 0.6 is 7.60 Å². The molecule has 0 aliphatic heterocycles. The van der Waals surface area contributed by atoms with Crippen molar-refractivity contribution in [2.24, 2.45) is 0 Å². The number of nitrogens with zero attached hydrogens (tertiary/aromatic N) is 2. The number of hydrogen-bond acceptors (Lipinski definition) is 2. The van der Waals surface area contributed by atoms with E-state index >= 15 is 0 Å². The van der Waals surface area contributed by atoms with Crippen molar-refractivity contribution in [3.63, 3.8) is 0 Å². The van der Waals surface area contributed by atoms with Crippen LogP contribution in [0.5, 0.6) is 0 Å². The van der Waals surface area contributed by atoms with Crippen molar-refractivity contribution in [3.8, 4) is 0 Å². The standard InChI is InChI=1S/C4H6N2O3P.Na/c7-10(8,9)4-6-3-1-2-5-6;/h2-3H,4H2,(H2,7,8,9);/q-1;+1. The molecule has 5 nitrogen and oxygen atoms in total. The van der Waals surface area contributed by atoms with Gasteiger partial charge in [0.1, 0.15) is 6.29 Å². The minimum absolute atomic E-state index is 0. The van der Waals surface area contributed by atoms with E-state index in [2.05, 4.69) is 11.2 Å². The van der Waals surface area contributed by atoms with Gasteiger partial charge in [-0.3, -0.25) is 9.25 Å². The molecule has 0 unspecified atom stereocenters. The Labute approximate surface area is 85.9 Å². The Morgan fingerprint density at radius 3 is 2.64 bits per heavy atom. The Morgan fingerprint density at radius 2 is 2.27 bits per heavy atom. The molecule has 0 fully saturated rings. The Kier molecular flexibility index (Phi) is 4.55. The maximum absolute atomic E-state index is 10.3. The van der Waals surface area contributed by atoms with Gasteiger partial charge in [0.2, 0.25) is 0 Å². The summed E-state index contributed by atoms with van der Waals surface area (Å²) in [5, 5.41) is 3.57. The molecule has 0 bridgehead atoms. The second kappa shape index (κ2) is 4.40. The monoisotopic (exact) mass is 184 g/mol. The first kappa shape index (κ1) is 11.4. The minimum Gasteiger partial charge on any atom is -0.432 e. The molecule has 0 radical (unpaired) electrons.